The summed E-state index contributed by atoms with van der Waals surface area (Å²) in [6, 6.07) is 61.6. The first kappa shape index (κ1) is 34.3. The van der Waals surface area contributed by atoms with Crippen LogP contribution in [0.25, 0.3) is 32.7 Å². The molecule has 8 aromatic carbocycles. The van der Waals surface area contributed by atoms with Crippen LogP contribution in [0.2, 0.25) is 0 Å². The monoisotopic (exact) mass is 791 g/mol. The fourth-order valence-corrected chi connectivity index (χ4v) is 15.7. The van der Waals surface area contributed by atoms with Gasteiger partial charge in [-0.1, -0.05) is 147 Å². The second kappa shape index (κ2) is 14.1. The average molecular weight is 792 g/mol. The highest BCUT2D eigenvalue weighted by molar-refractivity contribution is 7.79. The Kier molecular flexibility index (Phi) is 8.64. The molecule has 0 amide bonds. The van der Waals surface area contributed by atoms with Gasteiger partial charge in [-0.15, -0.1) is 0 Å². The highest BCUT2D eigenvalue weighted by Gasteiger charge is 2.50. The van der Waals surface area contributed by atoms with E-state index in [0.717, 1.165) is 32.7 Å². The van der Waals surface area contributed by atoms with E-state index in [1.807, 2.05) is 170 Å². The quantitative estimate of drug-likeness (QED) is 0.142. The van der Waals surface area contributed by atoms with E-state index in [1.165, 1.54) is 0 Å². The van der Waals surface area contributed by atoms with Crippen molar-refractivity contribution >= 4 is 44.5 Å². The molecule has 0 saturated heterocycles. The summed E-state index contributed by atoms with van der Waals surface area (Å²) in [7, 11) is -11.9. The molecule has 56 heavy (non-hydrogen) atoms. The van der Waals surface area contributed by atoms with Crippen molar-refractivity contribution in [3.05, 3.63) is 194 Å². The van der Waals surface area contributed by atoms with Gasteiger partial charge in [0.1, 0.15) is 34.5 Å². The van der Waals surface area contributed by atoms with E-state index in [4.69, 9.17) is 40.7 Å². The van der Waals surface area contributed by atoms with Crippen molar-refractivity contribution in [3.63, 3.8) is 0 Å². The van der Waals surface area contributed by atoms with Crippen LogP contribution in [0, 0.1) is 0 Å². The minimum absolute atomic E-state index is 0.467. The smallest absolute Gasteiger partial charge is 0.413 e. The highest BCUT2D eigenvalue weighted by atomic mass is 31.3. The molecule has 0 aromatic heterocycles. The molecule has 2 aliphatic rings. The molecule has 8 aromatic rings. The Morgan fingerprint density at radius 2 is 0.661 bits per heavy atom. The summed E-state index contributed by atoms with van der Waals surface area (Å²) in [6.07, 6.45) is 0. The first-order valence-corrected chi connectivity index (χ1v) is 22.5. The maximum atomic E-state index is 7.22. The molecule has 12 heteroatoms. The van der Waals surface area contributed by atoms with Crippen LogP contribution in [0.4, 0.5) is 0 Å². The van der Waals surface area contributed by atoms with Crippen LogP contribution in [0.1, 0.15) is 0 Å². The Morgan fingerprint density at radius 3 is 1.05 bits per heavy atom. The summed E-state index contributed by atoms with van der Waals surface area (Å²) in [5, 5.41) is 4.05. The van der Waals surface area contributed by atoms with Crippen LogP contribution >= 0.6 is 23.0 Å². The zero-order valence-electron chi connectivity index (χ0n) is 29.6. The zero-order valence-corrected chi connectivity index (χ0v) is 32.3. The van der Waals surface area contributed by atoms with Gasteiger partial charge in [0.2, 0.25) is 0 Å². The molecule has 0 bridgehead atoms. The molecule has 9 nitrogen and oxygen atoms in total. The van der Waals surface area contributed by atoms with Crippen LogP contribution in [0.5, 0.6) is 34.5 Å². The summed E-state index contributed by atoms with van der Waals surface area (Å²) in [5.41, 5.74) is 1.71. The van der Waals surface area contributed by atoms with Crippen LogP contribution in [0.15, 0.2) is 208 Å². The molecule has 0 saturated carbocycles. The number of hydrogen-bond donors (Lipinski definition) is 0. The molecule has 0 atom stereocenters. The zero-order chi connectivity index (χ0) is 37.4. The van der Waals surface area contributed by atoms with Gasteiger partial charge in [-0.3, -0.25) is 0 Å². The standard InChI is InChI=1S/C44H32N3O6P3/c1-5-19-35(20-6-1)48-54(49-36-21-7-2-8-22-36)45-55(50-37-23-9-3-10-24-37,51-38-25-11-4-12-26-38)47-56(46-54)52-41-31-29-33-17-13-15-27-39(33)43(41)44-40-28-16-14-18-34(40)30-32-42(44)53-56/h1-32H. The molecular weight excluding hydrogens is 759 g/mol. The van der Waals surface area contributed by atoms with Gasteiger partial charge in [0, 0.05) is 11.1 Å². The first-order valence-electron chi connectivity index (χ1n) is 17.9. The number of rotatable bonds is 8. The van der Waals surface area contributed by atoms with Gasteiger partial charge in [-0.05, 0) is 82.2 Å². The lowest BCUT2D eigenvalue weighted by Crippen LogP contribution is -2.10. The molecule has 0 unspecified atom stereocenters. The van der Waals surface area contributed by atoms with E-state index >= 15 is 0 Å². The minimum atomic E-state index is -3.98. The van der Waals surface area contributed by atoms with Crippen LogP contribution in [-0.2, 0) is 0 Å². The van der Waals surface area contributed by atoms with Crippen molar-refractivity contribution in [2.24, 2.45) is 13.5 Å². The maximum Gasteiger partial charge on any atom is 0.460 e. The number of nitrogens with zero attached hydrogens (tertiary/aromatic N) is 3. The van der Waals surface area contributed by atoms with Gasteiger partial charge in [0.05, 0.1) is 0 Å². The molecule has 1 spiro atoms. The molecule has 0 aliphatic carbocycles. The number of benzene rings is 8. The van der Waals surface area contributed by atoms with E-state index in [1.54, 1.807) is 0 Å². The topological polar surface area (TPSA) is 92.5 Å². The second-order valence-electron chi connectivity index (χ2n) is 12.9. The van der Waals surface area contributed by atoms with E-state index in [0.29, 0.717) is 34.5 Å². The predicted molar refractivity (Wildman–Crippen MR) is 224 cm³/mol. The maximum absolute atomic E-state index is 7.22. The molecule has 0 fully saturated rings. The van der Waals surface area contributed by atoms with Crippen molar-refractivity contribution in [1.29, 1.82) is 0 Å². The van der Waals surface area contributed by atoms with Crippen molar-refractivity contribution in [2.45, 2.75) is 0 Å². The Labute approximate surface area is 323 Å². The van der Waals surface area contributed by atoms with Crippen molar-refractivity contribution in [3.8, 4) is 45.6 Å². The van der Waals surface area contributed by atoms with Crippen LogP contribution < -0.4 is 27.1 Å². The van der Waals surface area contributed by atoms with Gasteiger partial charge in [-0.25, -0.2) is 0 Å². The molecule has 2 aliphatic heterocycles. The van der Waals surface area contributed by atoms with Gasteiger partial charge in [0.15, 0.2) is 0 Å². The lowest BCUT2D eigenvalue weighted by Gasteiger charge is -2.32. The highest BCUT2D eigenvalue weighted by Crippen LogP contribution is 2.79. The van der Waals surface area contributed by atoms with E-state index in [-0.39, 0.29) is 0 Å². The molecular formula is C44H32N3O6P3. The first-order chi connectivity index (χ1) is 27.6. The third kappa shape index (κ3) is 6.61. The second-order valence-corrected chi connectivity index (χ2v) is 19.0. The Morgan fingerprint density at radius 1 is 0.321 bits per heavy atom. The van der Waals surface area contributed by atoms with Gasteiger partial charge in [-0.2, -0.15) is 0 Å². The number of para-hydroxylation sites is 4. The van der Waals surface area contributed by atoms with Gasteiger partial charge in [0.25, 0.3) is 0 Å². The summed E-state index contributed by atoms with van der Waals surface area (Å²) in [6.45, 7) is 0. The largest absolute Gasteiger partial charge is 0.460 e. The van der Waals surface area contributed by atoms with Crippen LogP contribution in [0.3, 0.4) is 0 Å². The normalized spacial score (nSPS) is 15.6. The summed E-state index contributed by atoms with van der Waals surface area (Å²) in [4.78, 5) is 0. The van der Waals surface area contributed by atoms with E-state index in [2.05, 4.69) is 24.3 Å². The third-order valence-corrected chi connectivity index (χ3v) is 17.1. The summed E-state index contributed by atoms with van der Waals surface area (Å²) >= 11 is 0. The number of fused-ring (bicyclic) bond motifs is 7. The van der Waals surface area contributed by atoms with Crippen molar-refractivity contribution in [2.75, 3.05) is 0 Å². The Balaban J connectivity index is 1.32. The molecule has 0 radical (unpaired) electrons. The third-order valence-electron chi connectivity index (χ3n) is 9.01. The van der Waals surface area contributed by atoms with E-state index in [9.17, 15) is 0 Å². The van der Waals surface area contributed by atoms with Crippen molar-refractivity contribution in [1.82, 2.24) is 0 Å². The van der Waals surface area contributed by atoms with E-state index < -0.39 is 23.0 Å². The Bertz CT molecular complexity index is 2650. The molecule has 10 rings (SSSR count). The van der Waals surface area contributed by atoms with Gasteiger partial charge < -0.3 is 27.1 Å². The fourth-order valence-electron chi connectivity index (χ4n) is 6.66. The minimum Gasteiger partial charge on any atom is -0.413 e. The predicted octanol–water partition coefficient (Wildman–Crippen LogP) is 14.6. The van der Waals surface area contributed by atoms with Gasteiger partial charge >= 0.3 is 23.0 Å². The summed E-state index contributed by atoms with van der Waals surface area (Å²) in [5.74, 6) is 2.92. The molecule has 0 N–H and O–H groups in total. The lowest BCUT2D eigenvalue weighted by atomic mass is 9.92. The molecule has 2 heterocycles. The Hall–Kier alpha value is -6.23. The van der Waals surface area contributed by atoms with Crippen molar-refractivity contribution < 1.29 is 27.1 Å². The average Bonchev–Trinajstić information content (AvgIpc) is 3.36. The number of hydrogen-bond acceptors (Lipinski definition) is 9. The lowest BCUT2D eigenvalue weighted by molar-refractivity contribution is 0.445. The SMILES string of the molecule is c1ccc(OP2(Oc3ccccc3)=NP(Oc3ccccc3)(Oc3ccccc3)=NP3(=N2)Oc2ccc4ccccc4c2-c2c(ccc4ccccc24)O3)cc1. The van der Waals surface area contributed by atoms with Crippen LogP contribution in [-0.4, -0.2) is 0 Å². The molecule has 274 valence electrons. The fraction of sp³-hybridized carbons (Fsp3) is 0. The summed E-state index contributed by atoms with van der Waals surface area (Å²) < 4.78 is 58.0.